The Bertz CT molecular complexity index is 62.0. The largest absolute Gasteiger partial charge is 0.373 e. The summed E-state index contributed by atoms with van der Waals surface area (Å²) in [5.41, 5.74) is 0. The van der Waals surface area contributed by atoms with Crippen LogP contribution >= 0.6 is 0 Å². The van der Waals surface area contributed by atoms with Crippen LogP contribution < -0.4 is 0 Å². The summed E-state index contributed by atoms with van der Waals surface area (Å²) in [4.78, 5) is 32.5. The molecule has 48 valence electrons. The maximum atomic E-state index is 8.12. The first kappa shape index (κ1) is 29.4. The summed E-state index contributed by atoms with van der Waals surface area (Å²) < 4.78 is 0. The maximum Gasteiger partial charge on any atom is 0.373 e. The van der Waals surface area contributed by atoms with E-state index in [-0.39, 0.29) is 27.2 Å². The van der Waals surface area contributed by atoms with E-state index in [0.717, 1.165) is 0 Å². The average Bonchev–Trinajstić information content (AvgIpc) is 1.39. The number of hydrogen-bond donors (Lipinski definition) is 0. The van der Waals surface area contributed by atoms with Gasteiger partial charge in [0.05, 0.1) is 0 Å². The lowest BCUT2D eigenvalue weighted by Crippen LogP contribution is -1.22. The van der Waals surface area contributed by atoms with Crippen molar-refractivity contribution in [2.75, 3.05) is 0 Å². The standard InChI is InChI=1S/2CO2.2CH4/c2*2-1-3;;/h;;2*1H4. The second-order valence-electron chi connectivity index (χ2n) is 0.167. The molecule has 0 bridgehead atoms. The SMILES string of the molecule is C.C.O=C=O.O=C=O. The number of hydrogen-bond acceptors (Lipinski definition) is 4. The maximum absolute atomic E-state index is 8.12. The highest BCUT2D eigenvalue weighted by molar-refractivity contribution is 5.20. The lowest BCUT2D eigenvalue weighted by Gasteiger charge is -0.945. The van der Waals surface area contributed by atoms with Crippen molar-refractivity contribution in [2.24, 2.45) is 0 Å². The van der Waals surface area contributed by atoms with Gasteiger partial charge in [-0.3, -0.25) is 0 Å². The zero-order chi connectivity index (χ0) is 5.41. The molecule has 0 rings (SSSR count). The van der Waals surface area contributed by atoms with E-state index >= 15 is 0 Å². The molecule has 0 N–H and O–H groups in total. The topological polar surface area (TPSA) is 68.3 Å². The summed E-state index contributed by atoms with van der Waals surface area (Å²) >= 11 is 0. The Balaban J connectivity index is -0.0000000160. The molecule has 0 radical (unpaired) electrons. The van der Waals surface area contributed by atoms with E-state index in [1.54, 1.807) is 0 Å². The monoisotopic (exact) mass is 120 g/mol. The van der Waals surface area contributed by atoms with E-state index in [1.165, 1.54) is 0 Å². The molecule has 0 aliphatic rings. The van der Waals surface area contributed by atoms with Crippen molar-refractivity contribution in [1.29, 1.82) is 0 Å². The molecule has 0 aliphatic carbocycles. The molecule has 0 heterocycles. The predicted octanol–water partition coefficient (Wildman–Crippen LogP) is 0.105. The van der Waals surface area contributed by atoms with Crippen LogP contribution in [0.15, 0.2) is 0 Å². The van der Waals surface area contributed by atoms with Gasteiger partial charge < -0.3 is 0 Å². The molecule has 0 spiro atoms. The van der Waals surface area contributed by atoms with E-state index in [9.17, 15) is 0 Å². The Kier molecular flexibility index (Phi) is 832. The predicted molar refractivity (Wildman–Crippen MR) is 23.5 cm³/mol. The molecular weight excluding hydrogens is 112 g/mol. The second kappa shape index (κ2) is 226. The quantitative estimate of drug-likeness (QED) is 0.454. The molecular formula is C4H8O4. The highest BCUT2D eigenvalue weighted by Crippen LogP contribution is 0.790. The van der Waals surface area contributed by atoms with Crippen LogP contribution in [0.5, 0.6) is 0 Å². The van der Waals surface area contributed by atoms with Crippen molar-refractivity contribution in [3.63, 3.8) is 0 Å². The van der Waals surface area contributed by atoms with Crippen molar-refractivity contribution in [3.8, 4) is 0 Å². The van der Waals surface area contributed by atoms with Crippen LogP contribution in [0.1, 0.15) is 14.9 Å². The summed E-state index contributed by atoms with van der Waals surface area (Å²) in [6, 6.07) is 0. The molecule has 0 aromatic rings. The first-order valence-electron chi connectivity index (χ1n) is 0.816. The van der Waals surface area contributed by atoms with Crippen LogP contribution in [-0.2, 0) is 19.2 Å². The molecule has 4 nitrogen and oxygen atoms in total. The molecule has 4 heteroatoms. The van der Waals surface area contributed by atoms with Crippen LogP contribution in [0.2, 0.25) is 0 Å². The van der Waals surface area contributed by atoms with Crippen molar-refractivity contribution in [1.82, 2.24) is 0 Å². The van der Waals surface area contributed by atoms with E-state index in [4.69, 9.17) is 19.2 Å². The van der Waals surface area contributed by atoms with Crippen LogP contribution in [0.4, 0.5) is 0 Å². The third-order valence-electron chi connectivity index (χ3n) is 0. The van der Waals surface area contributed by atoms with Gasteiger partial charge in [0.15, 0.2) is 0 Å². The van der Waals surface area contributed by atoms with E-state index in [2.05, 4.69) is 0 Å². The Hall–Kier alpha value is -1.24. The molecule has 0 unspecified atom stereocenters. The van der Waals surface area contributed by atoms with Crippen LogP contribution in [0.3, 0.4) is 0 Å². The van der Waals surface area contributed by atoms with Crippen molar-refractivity contribution in [3.05, 3.63) is 0 Å². The molecule has 0 aliphatic heterocycles. The van der Waals surface area contributed by atoms with Gasteiger partial charge in [-0.25, -0.2) is 0 Å². The molecule has 0 aromatic heterocycles. The van der Waals surface area contributed by atoms with Crippen LogP contribution in [0.25, 0.3) is 0 Å². The zero-order valence-corrected chi connectivity index (χ0v) is 2.63. The fraction of sp³-hybridized carbons (Fsp3) is 0.500. The first-order chi connectivity index (χ1) is 2.83. The van der Waals surface area contributed by atoms with Crippen LogP contribution in [-0.4, -0.2) is 12.3 Å². The van der Waals surface area contributed by atoms with Gasteiger partial charge in [-0.05, 0) is 0 Å². The molecule has 8 heavy (non-hydrogen) atoms. The third-order valence-corrected chi connectivity index (χ3v) is 0. The molecule has 0 fully saturated rings. The average molecular weight is 120 g/mol. The van der Waals surface area contributed by atoms with Gasteiger partial charge in [-0.1, -0.05) is 14.9 Å². The van der Waals surface area contributed by atoms with Gasteiger partial charge in [-0.2, -0.15) is 19.2 Å². The Morgan fingerprint density at radius 2 is 0.625 bits per heavy atom. The van der Waals surface area contributed by atoms with Gasteiger partial charge in [0.1, 0.15) is 0 Å². The number of carbonyl (C=O) groups excluding carboxylic acids is 4. The molecule has 0 saturated carbocycles. The second-order valence-corrected chi connectivity index (χ2v) is 0.167. The fourth-order valence-electron chi connectivity index (χ4n) is 0. The highest BCUT2D eigenvalue weighted by Gasteiger charge is 1.13. The summed E-state index contributed by atoms with van der Waals surface area (Å²) in [5.74, 6) is 0. The Labute approximate surface area is 47.5 Å². The zero-order valence-electron chi connectivity index (χ0n) is 2.63. The van der Waals surface area contributed by atoms with E-state index in [1.807, 2.05) is 0 Å². The smallest absolute Gasteiger partial charge is 0.186 e. The van der Waals surface area contributed by atoms with Gasteiger partial charge >= 0.3 is 12.3 Å². The van der Waals surface area contributed by atoms with Gasteiger partial charge in [-0.15, -0.1) is 0 Å². The minimum atomic E-state index is 0. The minimum absolute atomic E-state index is 0. The lowest BCUT2D eigenvalue weighted by atomic mass is 11.8. The summed E-state index contributed by atoms with van der Waals surface area (Å²) in [6.07, 6.45) is 0.500. The molecule has 0 saturated heterocycles. The minimum Gasteiger partial charge on any atom is -0.186 e. The Morgan fingerprint density at radius 3 is 0.625 bits per heavy atom. The van der Waals surface area contributed by atoms with Gasteiger partial charge in [0, 0.05) is 0 Å². The number of rotatable bonds is 0. The Morgan fingerprint density at radius 1 is 0.625 bits per heavy atom. The lowest BCUT2D eigenvalue weighted by molar-refractivity contribution is -0.193. The fourth-order valence-corrected chi connectivity index (χ4v) is 0. The first-order valence-corrected chi connectivity index (χ1v) is 0.816. The summed E-state index contributed by atoms with van der Waals surface area (Å²) in [6.45, 7) is 0. The summed E-state index contributed by atoms with van der Waals surface area (Å²) in [5, 5.41) is 0. The molecule has 0 aromatic carbocycles. The highest BCUT2D eigenvalue weighted by atomic mass is 16.2. The molecule has 0 atom stereocenters. The van der Waals surface area contributed by atoms with E-state index in [0.29, 0.717) is 0 Å². The third kappa shape index (κ3) is 43.8. The van der Waals surface area contributed by atoms with Gasteiger partial charge in [0.2, 0.25) is 0 Å². The van der Waals surface area contributed by atoms with Crippen molar-refractivity contribution in [2.45, 2.75) is 14.9 Å². The van der Waals surface area contributed by atoms with Crippen LogP contribution in [0, 0.1) is 0 Å². The van der Waals surface area contributed by atoms with Crippen molar-refractivity contribution < 1.29 is 19.2 Å². The van der Waals surface area contributed by atoms with Gasteiger partial charge in [0.25, 0.3) is 0 Å². The summed E-state index contributed by atoms with van der Waals surface area (Å²) in [7, 11) is 0. The molecule has 0 amide bonds. The normalized spacial score (nSPS) is 2.00. The van der Waals surface area contributed by atoms with Crippen molar-refractivity contribution >= 4 is 12.3 Å². The van der Waals surface area contributed by atoms with E-state index < -0.39 is 0 Å².